The second-order valence-corrected chi connectivity index (χ2v) is 6.80. The molecule has 2 aromatic rings. The summed E-state index contributed by atoms with van der Waals surface area (Å²) in [7, 11) is 1.52. The summed E-state index contributed by atoms with van der Waals surface area (Å²) < 4.78 is 22.0. The second kappa shape index (κ2) is 11.8. The molecule has 1 amide bonds. The average molecular weight is 495 g/mol. The van der Waals surface area contributed by atoms with Crippen LogP contribution < -0.4 is 24.4 Å². The van der Waals surface area contributed by atoms with E-state index in [4.69, 9.17) is 24.1 Å². The van der Waals surface area contributed by atoms with Crippen LogP contribution >= 0.6 is 15.9 Å². The van der Waals surface area contributed by atoms with Crippen molar-refractivity contribution in [3.63, 3.8) is 0 Å². The van der Waals surface area contributed by atoms with Gasteiger partial charge in [0.1, 0.15) is 0 Å². The van der Waals surface area contributed by atoms with Gasteiger partial charge in [0, 0.05) is 5.56 Å². The van der Waals surface area contributed by atoms with Crippen molar-refractivity contribution in [2.75, 3.05) is 26.9 Å². The third-order valence-electron chi connectivity index (χ3n) is 3.78. The Hall–Kier alpha value is -3.27. The number of hydrogen-bond donors (Lipinski definition) is 2. The number of carboxylic acids is 1. The molecule has 166 valence electrons. The maximum Gasteiger partial charge on any atom is 0.341 e. The molecule has 0 aliphatic heterocycles. The van der Waals surface area contributed by atoms with E-state index in [1.54, 1.807) is 37.3 Å². The van der Waals surface area contributed by atoms with E-state index in [0.29, 0.717) is 46.1 Å². The molecule has 0 saturated carbocycles. The van der Waals surface area contributed by atoms with Crippen LogP contribution in [0.2, 0.25) is 0 Å². The number of amides is 1. The standard InChI is InChI=1S/C21H23BrN2O7/c1-4-29-17-10-14(6-7-16(17)28-3)21(27)24-23-11-13-8-15(22)20(31-12-19(25)26)18(9-13)30-5-2/h6-11H,4-5,12H2,1-3H3,(H,24,27)(H,25,26)/b23-11+. The number of halogens is 1. The fourth-order valence-corrected chi connectivity index (χ4v) is 3.09. The Morgan fingerprint density at radius 2 is 1.77 bits per heavy atom. The summed E-state index contributed by atoms with van der Waals surface area (Å²) in [5, 5.41) is 12.8. The van der Waals surface area contributed by atoms with Crippen LogP contribution in [0.4, 0.5) is 0 Å². The zero-order valence-electron chi connectivity index (χ0n) is 17.3. The van der Waals surface area contributed by atoms with Crippen molar-refractivity contribution in [2.24, 2.45) is 5.10 Å². The fourth-order valence-electron chi connectivity index (χ4n) is 2.52. The number of rotatable bonds is 11. The second-order valence-electron chi connectivity index (χ2n) is 5.94. The number of ether oxygens (including phenoxy) is 4. The molecular formula is C21H23BrN2O7. The normalized spacial score (nSPS) is 10.6. The Bertz CT molecular complexity index is 963. The summed E-state index contributed by atoms with van der Waals surface area (Å²) in [5.41, 5.74) is 3.41. The molecule has 0 atom stereocenters. The summed E-state index contributed by atoms with van der Waals surface area (Å²) in [4.78, 5) is 23.2. The van der Waals surface area contributed by atoms with E-state index in [1.807, 2.05) is 6.92 Å². The molecule has 0 unspecified atom stereocenters. The van der Waals surface area contributed by atoms with Gasteiger partial charge >= 0.3 is 5.97 Å². The molecule has 2 N–H and O–H groups in total. The molecule has 0 bridgehead atoms. The van der Waals surface area contributed by atoms with E-state index in [2.05, 4.69) is 26.5 Å². The Morgan fingerprint density at radius 1 is 1.06 bits per heavy atom. The first-order chi connectivity index (χ1) is 14.9. The summed E-state index contributed by atoms with van der Waals surface area (Å²) in [5.74, 6) is 0.0814. The zero-order chi connectivity index (χ0) is 22.8. The van der Waals surface area contributed by atoms with E-state index in [1.165, 1.54) is 13.3 Å². The van der Waals surface area contributed by atoms with Crippen LogP contribution in [0.1, 0.15) is 29.8 Å². The molecule has 0 heterocycles. The number of hydrogen-bond acceptors (Lipinski definition) is 7. The van der Waals surface area contributed by atoms with E-state index in [0.717, 1.165) is 0 Å². The first-order valence-corrected chi connectivity index (χ1v) is 10.1. The monoisotopic (exact) mass is 494 g/mol. The third-order valence-corrected chi connectivity index (χ3v) is 4.37. The van der Waals surface area contributed by atoms with Crippen molar-refractivity contribution >= 4 is 34.0 Å². The number of nitrogens with one attached hydrogen (secondary N) is 1. The minimum Gasteiger partial charge on any atom is -0.493 e. The molecule has 0 saturated heterocycles. The maximum absolute atomic E-state index is 12.4. The number of methoxy groups -OCH3 is 1. The van der Waals surface area contributed by atoms with Crippen molar-refractivity contribution in [1.29, 1.82) is 0 Å². The molecule has 0 fully saturated rings. The van der Waals surface area contributed by atoms with Crippen molar-refractivity contribution in [3.8, 4) is 23.0 Å². The molecule has 2 aromatic carbocycles. The lowest BCUT2D eigenvalue weighted by atomic mass is 10.2. The zero-order valence-corrected chi connectivity index (χ0v) is 18.9. The highest BCUT2D eigenvalue weighted by Gasteiger charge is 2.14. The fraction of sp³-hybridized carbons (Fsp3) is 0.286. The van der Waals surface area contributed by atoms with Crippen LogP contribution in [0.25, 0.3) is 0 Å². The Morgan fingerprint density at radius 3 is 2.42 bits per heavy atom. The smallest absolute Gasteiger partial charge is 0.341 e. The lowest BCUT2D eigenvalue weighted by molar-refractivity contribution is -0.139. The predicted octanol–water partition coefficient (Wildman–Crippen LogP) is 3.48. The molecule has 0 aliphatic carbocycles. The number of carbonyl (C=O) groups excluding carboxylic acids is 1. The van der Waals surface area contributed by atoms with Crippen molar-refractivity contribution in [3.05, 3.63) is 45.9 Å². The summed E-state index contributed by atoms with van der Waals surface area (Å²) >= 11 is 3.34. The topological polar surface area (TPSA) is 116 Å². The SMILES string of the molecule is CCOc1cc(C(=O)N/N=C/c2cc(Br)c(OCC(=O)O)c(OCC)c2)ccc1OC. The highest BCUT2D eigenvalue weighted by Crippen LogP contribution is 2.36. The molecule has 0 radical (unpaired) electrons. The first-order valence-electron chi connectivity index (χ1n) is 9.34. The summed E-state index contributed by atoms with van der Waals surface area (Å²) in [6, 6.07) is 8.11. The van der Waals surface area contributed by atoms with E-state index in [9.17, 15) is 9.59 Å². The lowest BCUT2D eigenvalue weighted by Crippen LogP contribution is -2.17. The Kier molecular flexibility index (Phi) is 9.13. The van der Waals surface area contributed by atoms with Crippen molar-refractivity contribution < 1.29 is 33.6 Å². The summed E-state index contributed by atoms with van der Waals surface area (Å²) in [6.45, 7) is 3.91. The van der Waals surface area contributed by atoms with Gasteiger partial charge < -0.3 is 24.1 Å². The average Bonchev–Trinajstić information content (AvgIpc) is 2.73. The molecule has 10 heteroatoms. The number of hydrazone groups is 1. The van der Waals surface area contributed by atoms with Crippen LogP contribution in [0.5, 0.6) is 23.0 Å². The van der Waals surface area contributed by atoms with Gasteiger partial charge in [0.2, 0.25) is 0 Å². The quantitative estimate of drug-likeness (QED) is 0.362. The molecule has 0 aliphatic rings. The Balaban J connectivity index is 2.15. The highest BCUT2D eigenvalue weighted by molar-refractivity contribution is 9.10. The van der Waals surface area contributed by atoms with Crippen molar-refractivity contribution in [1.82, 2.24) is 5.43 Å². The molecule has 9 nitrogen and oxygen atoms in total. The number of carbonyl (C=O) groups is 2. The first kappa shape index (κ1) is 24.0. The largest absolute Gasteiger partial charge is 0.493 e. The van der Waals surface area contributed by atoms with Gasteiger partial charge in [0.25, 0.3) is 5.91 Å². The molecule has 31 heavy (non-hydrogen) atoms. The van der Waals surface area contributed by atoms with Gasteiger partial charge in [-0.3, -0.25) is 4.79 Å². The number of carboxylic acid groups (broad SMARTS) is 1. The van der Waals surface area contributed by atoms with Gasteiger partial charge in [-0.05, 0) is 65.7 Å². The van der Waals surface area contributed by atoms with E-state index in [-0.39, 0.29) is 5.75 Å². The molecule has 2 rings (SSSR count). The van der Waals surface area contributed by atoms with Gasteiger partial charge in [-0.2, -0.15) is 5.10 Å². The lowest BCUT2D eigenvalue weighted by Gasteiger charge is -2.13. The van der Waals surface area contributed by atoms with Crippen LogP contribution in [0.3, 0.4) is 0 Å². The number of benzene rings is 2. The van der Waals surface area contributed by atoms with Gasteiger partial charge in [0.15, 0.2) is 29.6 Å². The van der Waals surface area contributed by atoms with E-state index < -0.39 is 18.5 Å². The van der Waals surface area contributed by atoms with Crippen LogP contribution in [-0.4, -0.2) is 50.1 Å². The van der Waals surface area contributed by atoms with Crippen LogP contribution in [0.15, 0.2) is 39.9 Å². The van der Waals surface area contributed by atoms with Crippen LogP contribution in [0, 0.1) is 0 Å². The van der Waals surface area contributed by atoms with Gasteiger partial charge in [-0.1, -0.05) is 0 Å². The van der Waals surface area contributed by atoms with Gasteiger partial charge in [0.05, 0.1) is 31.0 Å². The Labute approximate surface area is 188 Å². The van der Waals surface area contributed by atoms with E-state index >= 15 is 0 Å². The highest BCUT2D eigenvalue weighted by atomic mass is 79.9. The summed E-state index contributed by atoms with van der Waals surface area (Å²) in [6.07, 6.45) is 1.43. The van der Waals surface area contributed by atoms with Gasteiger partial charge in [-0.25, -0.2) is 10.2 Å². The number of nitrogens with zero attached hydrogens (tertiary/aromatic N) is 1. The van der Waals surface area contributed by atoms with Gasteiger partial charge in [-0.15, -0.1) is 0 Å². The molecule has 0 spiro atoms. The minimum absolute atomic E-state index is 0.270. The predicted molar refractivity (Wildman–Crippen MR) is 118 cm³/mol. The minimum atomic E-state index is -1.10. The third kappa shape index (κ3) is 6.88. The van der Waals surface area contributed by atoms with Crippen LogP contribution in [-0.2, 0) is 4.79 Å². The van der Waals surface area contributed by atoms with Crippen molar-refractivity contribution in [2.45, 2.75) is 13.8 Å². The number of aliphatic carboxylic acids is 1. The molecular weight excluding hydrogens is 472 g/mol. The molecule has 0 aromatic heterocycles. The maximum atomic E-state index is 12.4.